The number of unbranched alkanes of at least 4 members (excludes halogenated alkanes) is 2. The van der Waals surface area contributed by atoms with Gasteiger partial charge in [0.15, 0.2) is 0 Å². The van der Waals surface area contributed by atoms with Gasteiger partial charge in [0.05, 0.1) is 18.3 Å². The van der Waals surface area contributed by atoms with E-state index in [0.29, 0.717) is 23.2 Å². The molecule has 0 saturated carbocycles. The molecule has 0 radical (unpaired) electrons. The molecule has 6 heteroatoms. The molecular weight excluding hydrogens is 422 g/mol. The summed E-state index contributed by atoms with van der Waals surface area (Å²) in [6.07, 6.45) is 3.40. The van der Waals surface area contributed by atoms with E-state index >= 15 is 0 Å². The average Bonchev–Trinajstić information content (AvgIpc) is 3.32. The Kier molecular flexibility index (Phi) is 6.85. The molecule has 3 aromatic rings. The van der Waals surface area contributed by atoms with Gasteiger partial charge in [0.2, 0.25) is 0 Å². The molecule has 1 unspecified atom stereocenters. The van der Waals surface area contributed by atoms with Crippen LogP contribution in [0.5, 0.6) is 5.75 Å². The molecule has 1 amide bonds. The number of carbonyl (C=O) groups excluding carboxylic acids is 1. The highest BCUT2D eigenvalue weighted by Gasteiger charge is 2.42. The molecule has 32 heavy (non-hydrogen) atoms. The predicted molar refractivity (Wildman–Crippen MR) is 128 cm³/mol. The lowest BCUT2D eigenvalue weighted by atomic mass is 9.95. The predicted octanol–water partition coefficient (Wildman–Crippen LogP) is 6.50. The Morgan fingerprint density at radius 1 is 1.09 bits per heavy atom. The van der Waals surface area contributed by atoms with Gasteiger partial charge in [-0.2, -0.15) is 5.10 Å². The molecule has 4 rings (SSSR count). The first-order valence-electron chi connectivity index (χ1n) is 11.4. The molecule has 0 bridgehead atoms. The van der Waals surface area contributed by atoms with Crippen molar-refractivity contribution < 1.29 is 9.53 Å². The number of amides is 1. The standard InChI is InChI=1S/C26H30ClN3O2/c1-4-5-6-15-32-21-13-9-19(10-14-21)25-22-23(18-7-11-20(27)12-8-18)28-29-24(22)26(31)30(25)16-17(2)3/h7-14,17,25H,4-6,15-16H2,1-3H3,(H,28,29). The Morgan fingerprint density at radius 2 is 1.81 bits per heavy atom. The number of H-pyrrole nitrogens is 1. The Labute approximate surface area is 194 Å². The fraction of sp³-hybridized carbons (Fsp3) is 0.385. The topological polar surface area (TPSA) is 58.2 Å². The Morgan fingerprint density at radius 3 is 2.47 bits per heavy atom. The van der Waals surface area contributed by atoms with Crippen LogP contribution < -0.4 is 4.74 Å². The number of hydrogen-bond donors (Lipinski definition) is 1. The smallest absolute Gasteiger partial charge is 0.273 e. The fourth-order valence-corrected chi connectivity index (χ4v) is 4.37. The first-order chi connectivity index (χ1) is 15.5. The zero-order valence-corrected chi connectivity index (χ0v) is 19.7. The monoisotopic (exact) mass is 451 g/mol. The molecule has 2 heterocycles. The van der Waals surface area contributed by atoms with Crippen LogP contribution in [0, 0.1) is 5.92 Å². The van der Waals surface area contributed by atoms with E-state index in [2.05, 4.69) is 43.1 Å². The van der Waals surface area contributed by atoms with E-state index in [1.54, 1.807) is 0 Å². The van der Waals surface area contributed by atoms with Crippen LogP contribution in [0.2, 0.25) is 5.02 Å². The molecular formula is C26H30ClN3O2. The third kappa shape index (κ3) is 4.53. The number of nitrogens with one attached hydrogen (secondary N) is 1. The second-order valence-corrected chi connectivity index (χ2v) is 9.18. The SMILES string of the molecule is CCCCCOc1ccc(C2c3c(-c4ccc(Cl)cc4)n[nH]c3C(=O)N2CC(C)C)cc1. The Bertz CT molecular complexity index is 1060. The van der Waals surface area contributed by atoms with Crippen molar-refractivity contribution in [3.8, 4) is 17.0 Å². The molecule has 0 aliphatic carbocycles. The van der Waals surface area contributed by atoms with E-state index in [9.17, 15) is 4.79 Å². The number of carbonyl (C=O) groups is 1. The molecule has 1 aliphatic heterocycles. The number of hydrogen-bond acceptors (Lipinski definition) is 3. The van der Waals surface area contributed by atoms with E-state index < -0.39 is 0 Å². The molecule has 0 fully saturated rings. The number of halogens is 1. The van der Waals surface area contributed by atoms with E-state index in [1.165, 1.54) is 12.8 Å². The van der Waals surface area contributed by atoms with Crippen molar-refractivity contribution in [2.45, 2.75) is 46.1 Å². The number of rotatable bonds is 9. The lowest BCUT2D eigenvalue weighted by molar-refractivity contribution is 0.0722. The van der Waals surface area contributed by atoms with Crippen molar-refractivity contribution in [3.63, 3.8) is 0 Å². The van der Waals surface area contributed by atoms with Gasteiger partial charge in [-0.15, -0.1) is 0 Å². The first kappa shape index (κ1) is 22.4. The minimum atomic E-state index is -0.196. The van der Waals surface area contributed by atoms with Gasteiger partial charge in [0.25, 0.3) is 5.91 Å². The van der Waals surface area contributed by atoms with Crippen LogP contribution >= 0.6 is 11.6 Å². The molecule has 0 saturated heterocycles. The summed E-state index contributed by atoms with van der Waals surface area (Å²) >= 11 is 6.08. The summed E-state index contributed by atoms with van der Waals surface area (Å²) in [7, 11) is 0. The summed E-state index contributed by atoms with van der Waals surface area (Å²) in [5.41, 5.74) is 4.28. The van der Waals surface area contributed by atoms with Crippen LogP contribution in [0.1, 0.15) is 67.7 Å². The van der Waals surface area contributed by atoms with Gasteiger partial charge < -0.3 is 9.64 Å². The van der Waals surface area contributed by atoms with Gasteiger partial charge in [-0.05, 0) is 42.2 Å². The van der Waals surface area contributed by atoms with Crippen LogP contribution in [0.15, 0.2) is 48.5 Å². The summed E-state index contributed by atoms with van der Waals surface area (Å²) in [6.45, 7) is 7.83. The Hall–Kier alpha value is -2.79. The van der Waals surface area contributed by atoms with Crippen LogP contribution in [0.4, 0.5) is 0 Å². The van der Waals surface area contributed by atoms with E-state index in [4.69, 9.17) is 16.3 Å². The van der Waals surface area contributed by atoms with E-state index in [1.807, 2.05) is 41.3 Å². The average molecular weight is 452 g/mol. The zero-order valence-electron chi connectivity index (χ0n) is 18.9. The van der Waals surface area contributed by atoms with Gasteiger partial charge >= 0.3 is 0 Å². The quantitative estimate of drug-likeness (QED) is 0.378. The van der Waals surface area contributed by atoms with Crippen LogP contribution in [-0.2, 0) is 0 Å². The van der Waals surface area contributed by atoms with Crippen molar-refractivity contribution in [1.29, 1.82) is 0 Å². The van der Waals surface area contributed by atoms with Crippen LogP contribution in [0.25, 0.3) is 11.3 Å². The highest BCUT2D eigenvalue weighted by Crippen LogP contribution is 2.43. The molecule has 1 aliphatic rings. The summed E-state index contributed by atoms with van der Waals surface area (Å²) in [6, 6.07) is 15.5. The summed E-state index contributed by atoms with van der Waals surface area (Å²) < 4.78 is 5.89. The molecule has 168 valence electrons. The second-order valence-electron chi connectivity index (χ2n) is 8.75. The normalized spacial score (nSPS) is 15.5. The lowest BCUT2D eigenvalue weighted by Gasteiger charge is -2.28. The number of ether oxygens (including phenoxy) is 1. The Balaban J connectivity index is 1.69. The fourth-order valence-electron chi connectivity index (χ4n) is 4.24. The molecule has 1 aromatic heterocycles. The molecule has 1 atom stereocenters. The van der Waals surface area contributed by atoms with Gasteiger partial charge in [-0.1, -0.05) is 69.5 Å². The minimum absolute atomic E-state index is 0.00805. The second kappa shape index (κ2) is 9.78. The van der Waals surface area contributed by atoms with Crippen molar-refractivity contribution in [3.05, 3.63) is 70.4 Å². The van der Waals surface area contributed by atoms with E-state index in [0.717, 1.165) is 41.2 Å². The van der Waals surface area contributed by atoms with Crippen LogP contribution in [0.3, 0.4) is 0 Å². The maximum absolute atomic E-state index is 13.3. The van der Waals surface area contributed by atoms with Crippen molar-refractivity contribution >= 4 is 17.5 Å². The summed E-state index contributed by atoms with van der Waals surface area (Å²) in [5, 5.41) is 8.19. The summed E-state index contributed by atoms with van der Waals surface area (Å²) in [4.78, 5) is 15.2. The van der Waals surface area contributed by atoms with Crippen LogP contribution in [-0.4, -0.2) is 34.2 Å². The highest BCUT2D eigenvalue weighted by atomic mass is 35.5. The zero-order chi connectivity index (χ0) is 22.7. The van der Waals surface area contributed by atoms with Crippen molar-refractivity contribution in [1.82, 2.24) is 15.1 Å². The molecule has 1 N–H and O–H groups in total. The third-order valence-electron chi connectivity index (χ3n) is 5.76. The number of aromatic nitrogens is 2. The number of fused-ring (bicyclic) bond motifs is 1. The maximum Gasteiger partial charge on any atom is 0.273 e. The highest BCUT2D eigenvalue weighted by molar-refractivity contribution is 6.30. The maximum atomic E-state index is 13.3. The number of aromatic amines is 1. The number of benzene rings is 2. The number of nitrogens with zero attached hydrogens (tertiary/aromatic N) is 2. The van der Waals surface area contributed by atoms with Gasteiger partial charge in [-0.3, -0.25) is 9.89 Å². The van der Waals surface area contributed by atoms with Gasteiger partial charge in [0, 0.05) is 22.7 Å². The molecule has 2 aromatic carbocycles. The van der Waals surface area contributed by atoms with Gasteiger partial charge in [0.1, 0.15) is 11.4 Å². The van der Waals surface area contributed by atoms with Crippen molar-refractivity contribution in [2.24, 2.45) is 5.92 Å². The third-order valence-corrected chi connectivity index (χ3v) is 6.01. The van der Waals surface area contributed by atoms with Gasteiger partial charge in [-0.25, -0.2) is 0 Å². The summed E-state index contributed by atoms with van der Waals surface area (Å²) in [5.74, 6) is 1.19. The lowest BCUT2D eigenvalue weighted by Crippen LogP contribution is -2.32. The molecule has 0 spiro atoms. The first-order valence-corrected chi connectivity index (χ1v) is 11.7. The minimum Gasteiger partial charge on any atom is -0.494 e. The van der Waals surface area contributed by atoms with Crippen molar-refractivity contribution in [2.75, 3.05) is 13.2 Å². The molecule has 5 nitrogen and oxygen atoms in total. The largest absolute Gasteiger partial charge is 0.494 e. The van der Waals surface area contributed by atoms with E-state index in [-0.39, 0.29) is 11.9 Å².